The fourth-order valence-corrected chi connectivity index (χ4v) is 2.81. The summed E-state index contributed by atoms with van der Waals surface area (Å²) in [5.74, 6) is 1.41. The number of carbonyl (C=O) groups excluding carboxylic acids is 1. The van der Waals surface area contributed by atoms with Crippen LogP contribution in [0.4, 0.5) is 0 Å². The minimum atomic E-state index is -0.354. The molecule has 0 fully saturated rings. The molecular formula is C26H26N2O4. The van der Waals surface area contributed by atoms with Gasteiger partial charge in [0.25, 0.3) is 5.91 Å². The minimum Gasteiger partial charge on any atom is -0.493 e. The van der Waals surface area contributed by atoms with Gasteiger partial charge in [-0.05, 0) is 60.5 Å². The van der Waals surface area contributed by atoms with Crippen LogP contribution >= 0.6 is 0 Å². The highest BCUT2D eigenvalue weighted by atomic mass is 16.5. The van der Waals surface area contributed by atoms with Crippen LogP contribution in [0.3, 0.4) is 0 Å². The Morgan fingerprint density at radius 3 is 2.44 bits per heavy atom. The predicted octanol–water partition coefficient (Wildman–Crippen LogP) is 4.91. The van der Waals surface area contributed by atoms with Gasteiger partial charge in [-0.15, -0.1) is 0 Å². The zero-order valence-corrected chi connectivity index (χ0v) is 18.2. The lowest BCUT2D eigenvalue weighted by molar-refractivity contribution is 0.0954. The average Bonchev–Trinajstić information content (AvgIpc) is 2.83. The Hall–Kier alpha value is -4.06. The predicted molar refractivity (Wildman–Crippen MR) is 126 cm³/mol. The van der Waals surface area contributed by atoms with Crippen molar-refractivity contribution in [2.24, 2.45) is 5.10 Å². The number of aryl methyl sites for hydroxylation is 1. The fraction of sp³-hybridized carbons (Fsp3) is 0.154. The molecule has 0 aliphatic rings. The van der Waals surface area contributed by atoms with E-state index in [2.05, 4.69) is 48.3 Å². The Bertz CT molecular complexity index is 1070. The number of ether oxygens (including phenoxy) is 3. The summed E-state index contributed by atoms with van der Waals surface area (Å²) < 4.78 is 16.6. The molecule has 0 radical (unpaired) electrons. The molecule has 0 aliphatic carbocycles. The van der Waals surface area contributed by atoms with E-state index in [4.69, 9.17) is 14.2 Å². The zero-order chi connectivity index (χ0) is 22.8. The number of hydrogen-bond donors (Lipinski definition) is 1. The lowest BCUT2D eigenvalue weighted by Gasteiger charge is -2.10. The number of methoxy groups -OCH3 is 1. The van der Waals surface area contributed by atoms with Crippen LogP contribution in [0.2, 0.25) is 0 Å². The largest absolute Gasteiger partial charge is 0.493 e. The maximum Gasteiger partial charge on any atom is 0.271 e. The third-order valence-corrected chi connectivity index (χ3v) is 4.57. The van der Waals surface area contributed by atoms with Crippen molar-refractivity contribution in [2.45, 2.75) is 13.5 Å². The van der Waals surface area contributed by atoms with Gasteiger partial charge in [0.05, 0.1) is 13.3 Å². The smallest absolute Gasteiger partial charge is 0.271 e. The highest BCUT2D eigenvalue weighted by Crippen LogP contribution is 2.28. The fourth-order valence-electron chi connectivity index (χ4n) is 2.81. The molecule has 3 aromatic rings. The Morgan fingerprint density at radius 2 is 1.75 bits per heavy atom. The van der Waals surface area contributed by atoms with E-state index in [1.54, 1.807) is 30.5 Å². The molecule has 0 heterocycles. The van der Waals surface area contributed by atoms with E-state index in [9.17, 15) is 4.79 Å². The molecule has 6 heteroatoms. The van der Waals surface area contributed by atoms with Gasteiger partial charge in [-0.25, -0.2) is 5.43 Å². The molecule has 0 saturated carbocycles. The highest BCUT2D eigenvalue weighted by Gasteiger charge is 2.10. The number of rotatable bonds is 10. The number of hydrogen-bond acceptors (Lipinski definition) is 5. The molecule has 1 amide bonds. The zero-order valence-electron chi connectivity index (χ0n) is 18.2. The van der Waals surface area contributed by atoms with Gasteiger partial charge in [0, 0.05) is 5.56 Å². The van der Waals surface area contributed by atoms with E-state index >= 15 is 0 Å². The van der Waals surface area contributed by atoms with Gasteiger partial charge in [-0.2, -0.15) is 5.10 Å². The molecule has 0 unspecified atom stereocenters. The highest BCUT2D eigenvalue weighted by molar-refractivity contribution is 5.95. The number of benzene rings is 3. The van der Waals surface area contributed by atoms with Crippen LogP contribution in [0.25, 0.3) is 0 Å². The summed E-state index contributed by atoms with van der Waals surface area (Å²) in [5, 5.41) is 4.03. The summed E-state index contributed by atoms with van der Waals surface area (Å²) in [4.78, 5) is 12.4. The molecule has 164 valence electrons. The maximum absolute atomic E-state index is 12.4. The summed E-state index contributed by atoms with van der Waals surface area (Å²) in [5.41, 5.74) is 6.09. The SMILES string of the molecule is C=CCOc1ccc(C(=O)N/N=C/c2ccc(OCc3ccc(C)cc3)cc2)cc1OC. The normalized spacial score (nSPS) is 10.6. The average molecular weight is 431 g/mol. The first-order valence-corrected chi connectivity index (χ1v) is 10.1. The molecule has 3 aromatic carbocycles. The number of carbonyl (C=O) groups is 1. The summed E-state index contributed by atoms with van der Waals surface area (Å²) in [7, 11) is 1.52. The van der Waals surface area contributed by atoms with Crippen molar-refractivity contribution >= 4 is 12.1 Å². The van der Waals surface area contributed by atoms with Gasteiger partial charge in [-0.1, -0.05) is 42.5 Å². The Balaban J connectivity index is 1.53. The first-order valence-electron chi connectivity index (χ1n) is 10.1. The van der Waals surface area contributed by atoms with Crippen molar-refractivity contribution in [1.29, 1.82) is 0 Å². The van der Waals surface area contributed by atoms with Crippen molar-refractivity contribution in [3.05, 3.63) is 102 Å². The molecule has 3 rings (SSSR count). The molecule has 1 N–H and O–H groups in total. The Kier molecular flexibility index (Phi) is 8.03. The minimum absolute atomic E-state index is 0.349. The van der Waals surface area contributed by atoms with E-state index in [0.29, 0.717) is 30.3 Å². The second kappa shape index (κ2) is 11.4. The molecule has 0 aliphatic heterocycles. The van der Waals surface area contributed by atoms with Crippen molar-refractivity contribution in [3.63, 3.8) is 0 Å². The van der Waals surface area contributed by atoms with Gasteiger partial charge < -0.3 is 14.2 Å². The number of nitrogens with zero attached hydrogens (tertiary/aromatic N) is 1. The lowest BCUT2D eigenvalue weighted by Crippen LogP contribution is -2.17. The summed E-state index contributed by atoms with van der Waals surface area (Å²) in [6.07, 6.45) is 3.21. The van der Waals surface area contributed by atoms with Crippen LogP contribution in [-0.2, 0) is 6.61 Å². The van der Waals surface area contributed by atoms with E-state index in [1.807, 2.05) is 24.3 Å². The van der Waals surface area contributed by atoms with Crippen molar-refractivity contribution in [3.8, 4) is 17.2 Å². The van der Waals surface area contributed by atoms with E-state index < -0.39 is 0 Å². The van der Waals surface area contributed by atoms with Crippen molar-refractivity contribution < 1.29 is 19.0 Å². The van der Waals surface area contributed by atoms with Crippen molar-refractivity contribution in [2.75, 3.05) is 13.7 Å². The third-order valence-electron chi connectivity index (χ3n) is 4.57. The van der Waals surface area contributed by atoms with Crippen LogP contribution in [0.15, 0.2) is 84.5 Å². The van der Waals surface area contributed by atoms with Gasteiger partial charge >= 0.3 is 0 Å². The Labute approximate surface area is 188 Å². The molecule has 0 saturated heterocycles. The molecular weight excluding hydrogens is 404 g/mol. The van der Waals surface area contributed by atoms with Crippen molar-refractivity contribution in [1.82, 2.24) is 5.43 Å². The summed E-state index contributed by atoms with van der Waals surface area (Å²) in [6, 6.07) is 20.6. The Morgan fingerprint density at radius 1 is 1.00 bits per heavy atom. The quantitative estimate of drug-likeness (QED) is 0.282. The first-order chi connectivity index (χ1) is 15.6. The van der Waals surface area contributed by atoms with E-state index in [-0.39, 0.29) is 5.91 Å². The van der Waals surface area contributed by atoms with Gasteiger partial charge in [0.1, 0.15) is 19.0 Å². The number of amides is 1. The van der Waals surface area contributed by atoms with Crippen LogP contribution in [0, 0.1) is 6.92 Å². The molecule has 6 nitrogen and oxygen atoms in total. The van der Waals surface area contributed by atoms with Gasteiger partial charge in [-0.3, -0.25) is 4.79 Å². The van der Waals surface area contributed by atoms with Crippen LogP contribution < -0.4 is 19.6 Å². The summed E-state index contributed by atoms with van der Waals surface area (Å²) in [6.45, 7) is 6.52. The molecule has 0 bridgehead atoms. The molecule has 0 atom stereocenters. The maximum atomic E-state index is 12.4. The second-order valence-corrected chi connectivity index (χ2v) is 7.01. The topological polar surface area (TPSA) is 69.2 Å². The summed E-state index contributed by atoms with van der Waals surface area (Å²) >= 11 is 0. The van der Waals surface area contributed by atoms with E-state index in [1.165, 1.54) is 12.7 Å². The molecule has 0 spiro atoms. The monoisotopic (exact) mass is 430 g/mol. The number of nitrogens with one attached hydrogen (secondary N) is 1. The first kappa shape index (κ1) is 22.6. The molecule has 0 aromatic heterocycles. The number of hydrazone groups is 1. The van der Waals surface area contributed by atoms with Gasteiger partial charge in [0.15, 0.2) is 11.5 Å². The van der Waals surface area contributed by atoms with E-state index in [0.717, 1.165) is 16.9 Å². The van der Waals surface area contributed by atoms with Crippen LogP contribution in [0.5, 0.6) is 17.2 Å². The lowest BCUT2D eigenvalue weighted by atomic mass is 10.2. The third kappa shape index (κ3) is 6.47. The standard InChI is InChI=1S/C26H26N2O4/c1-4-15-31-24-14-11-22(16-25(24)30-3)26(29)28-27-17-20-9-12-23(13-10-20)32-18-21-7-5-19(2)6-8-21/h4-14,16-17H,1,15,18H2,2-3H3,(H,28,29)/b27-17+. The van der Waals surface area contributed by atoms with Crippen LogP contribution in [-0.4, -0.2) is 25.8 Å². The van der Waals surface area contributed by atoms with Gasteiger partial charge in [0.2, 0.25) is 0 Å². The van der Waals surface area contributed by atoms with Crippen LogP contribution in [0.1, 0.15) is 27.0 Å². The molecule has 32 heavy (non-hydrogen) atoms. The second-order valence-electron chi connectivity index (χ2n) is 7.01.